The van der Waals surface area contributed by atoms with Crippen molar-refractivity contribution < 1.29 is 9.59 Å². The van der Waals surface area contributed by atoms with E-state index in [2.05, 4.69) is 21.2 Å². The Bertz CT molecular complexity index is 530. The maximum atomic E-state index is 12.6. The molecule has 0 unspecified atom stereocenters. The molecule has 1 aliphatic heterocycles. The number of carbonyl (C=O) groups is 2. The van der Waals surface area contributed by atoms with E-state index < -0.39 is 0 Å². The van der Waals surface area contributed by atoms with Crippen LogP contribution in [0.5, 0.6) is 0 Å². The summed E-state index contributed by atoms with van der Waals surface area (Å²) in [5.74, 6) is -0.0649. The topological polar surface area (TPSA) is 52.7 Å². The van der Waals surface area contributed by atoms with Crippen molar-refractivity contribution in [1.29, 1.82) is 0 Å². The minimum Gasteiger partial charge on any atom is -0.339 e. The van der Waals surface area contributed by atoms with Gasteiger partial charge >= 0.3 is 0 Å². The predicted octanol–water partition coefficient (Wildman–Crippen LogP) is 1.73. The molecule has 1 aromatic carbocycles. The van der Waals surface area contributed by atoms with Gasteiger partial charge in [0, 0.05) is 42.8 Å². The van der Waals surface area contributed by atoms with Crippen LogP contribution in [0.1, 0.15) is 23.7 Å². The van der Waals surface area contributed by atoms with Crippen molar-refractivity contribution in [3.05, 3.63) is 34.3 Å². The van der Waals surface area contributed by atoms with E-state index in [1.54, 1.807) is 17.0 Å². The third-order valence-electron chi connectivity index (χ3n) is 3.65. The minimum absolute atomic E-state index is 0.0262. The van der Waals surface area contributed by atoms with Gasteiger partial charge in [-0.2, -0.15) is 0 Å². The molecule has 0 bridgehead atoms. The maximum absolute atomic E-state index is 12.6. The highest BCUT2D eigenvalue weighted by Crippen LogP contribution is 2.14. The standard InChI is InChI=1S/C16H22BrN3O2/c1-2-8-20(12-15(21)19-9-6-18-7-10-19)16(22)13-4-3-5-14(17)11-13/h3-5,11,18H,2,6-10,12H2,1H3. The first-order valence-electron chi connectivity index (χ1n) is 7.65. The van der Waals surface area contributed by atoms with Crippen molar-refractivity contribution in [2.24, 2.45) is 0 Å². The fourth-order valence-corrected chi connectivity index (χ4v) is 2.90. The summed E-state index contributed by atoms with van der Waals surface area (Å²) in [6.07, 6.45) is 0.828. The van der Waals surface area contributed by atoms with Crippen molar-refractivity contribution in [3.8, 4) is 0 Å². The first-order valence-corrected chi connectivity index (χ1v) is 8.44. The number of nitrogens with one attached hydrogen (secondary N) is 1. The number of amides is 2. The van der Waals surface area contributed by atoms with E-state index in [9.17, 15) is 9.59 Å². The molecule has 0 aromatic heterocycles. The second-order valence-corrected chi connectivity index (χ2v) is 6.28. The lowest BCUT2D eigenvalue weighted by atomic mass is 10.2. The lowest BCUT2D eigenvalue weighted by molar-refractivity contribution is -0.132. The number of hydrogen-bond donors (Lipinski definition) is 1. The Morgan fingerprint density at radius 2 is 2.05 bits per heavy atom. The molecule has 1 aromatic rings. The largest absolute Gasteiger partial charge is 0.339 e. The number of carbonyl (C=O) groups excluding carboxylic acids is 2. The maximum Gasteiger partial charge on any atom is 0.254 e. The number of rotatable bonds is 5. The van der Waals surface area contributed by atoms with Gasteiger partial charge in [0.05, 0.1) is 0 Å². The van der Waals surface area contributed by atoms with Crippen LogP contribution >= 0.6 is 15.9 Å². The van der Waals surface area contributed by atoms with E-state index in [0.29, 0.717) is 25.2 Å². The van der Waals surface area contributed by atoms with Crippen LogP contribution in [0.2, 0.25) is 0 Å². The molecular formula is C16H22BrN3O2. The average molecular weight is 368 g/mol. The molecule has 0 atom stereocenters. The Kier molecular flexibility index (Phi) is 6.39. The normalized spacial score (nSPS) is 14.7. The van der Waals surface area contributed by atoms with Gasteiger partial charge in [-0.25, -0.2) is 0 Å². The minimum atomic E-state index is -0.0911. The van der Waals surface area contributed by atoms with E-state index in [0.717, 1.165) is 24.0 Å². The summed E-state index contributed by atoms with van der Waals surface area (Å²) in [6, 6.07) is 7.29. The number of nitrogens with zero attached hydrogens (tertiary/aromatic N) is 2. The van der Waals surface area contributed by atoms with E-state index in [-0.39, 0.29) is 18.4 Å². The summed E-state index contributed by atoms with van der Waals surface area (Å²) in [5, 5.41) is 3.22. The molecule has 1 N–H and O–H groups in total. The van der Waals surface area contributed by atoms with Crippen LogP contribution in [0, 0.1) is 0 Å². The SMILES string of the molecule is CCCN(CC(=O)N1CCNCC1)C(=O)c1cccc(Br)c1. The summed E-state index contributed by atoms with van der Waals surface area (Å²) >= 11 is 3.38. The van der Waals surface area contributed by atoms with Gasteiger partial charge in [-0.3, -0.25) is 9.59 Å². The zero-order valence-corrected chi connectivity index (χ0v) is 14.4. The van der Waals surface area contributed by atoms with E-state index in [1.807, 2.05) is 24.0 Å². The summed E-state index contributed by atoms with van der Waals surface area (Å²) in [4.78, 5) is 28.5. The van der Waals surface area contributed by atoms with Crippen molar-refractivity contribution in [3.63, 3.8) is 0 Å². The molecule has 2 amide bonds. The van der Waals surface area contributed by atoms with Gasteiger partial charge in [0.2, 0.25) is 5.91 Å². The molecule has 1 fully saturated rings. The molecule has 0 aliphatic carbocycles. The second-order valence-electron chi connectivity index (χ2n) is 5.37. The van der Waals surface area contributed by atoms with Crippen LogP contribution in [0.25, 0.3) is 0 Å². The van der Waals surface area contributed by atoms with E-state index in [1.165, 1.54) is 0 Å². The molecule has 5 nitrogen and oxygen atoms in total. The molecule has 1 heterocycles. The van der Waals surface area contributed by atoms with Gasteiger partial charge in [-0.15, -0.1) is 0 Å². The molecule has 6 heteroatoms. The molecule has 0 spiro atoms. The van der Waals surface area contributed by atoms with E-state index in [4.69, 9.17) is 0 Å². The number of halogens is 1. The highest BCUT2D eigenvalue weighted by atomic mass is 79.9. The summed E-state index contributed by atoms with van der Waals surface area (Å²) < 4.78 is 0.864. The zero-order chi connectivity index (χ0) is 15.9. The molecule has 22 heavy (non-hydrogen) atoms. The first-order chi connectivity index (χ1) is 10.6. The molecule has 0 radical (unpaired) electrons. The summed E-state index contributed by atoms with van der Waals surface area (Å²) in [5.41, 5.74) is 0.607. The molecule has 1 saturated heterocycles. The highest BCUT2D eigenvalue weighted by molar-refractivity contribution is 9.10. The van der Waals surface area contributed by atoms with Gasteiger partial charge < -0.3 is 15.1 Å². The lowest BCUT2D eigenvalue weighted by Gasteiger charge is -2.30. The zero-order valence-electron chi connectivity index (χ0n) is 12.8. The number of hydrogen-bond acceptors (Lipinski definition) is 3. The average Bonchev–Trinajstić information content (AvgIpc) is 2.54. The Balaban J connectivity index is 2.05. The second kappa shape index (κ2) is 8.29. The van der Waals surface area contributed by atoms with Crippen LogP contribution in [0.15, 0.2) is 28.7 Å². The van der Waals surface area contributed by atoms with Crippen LogP contribution in [0.3, 0.4) is 0 Å². The number of piperazine rings is 1. The van der Waals surface area contributed by atoms with Gasteiger partial charge in [0.15, 0.2) is 0 Å². The quantitative estimate of drug-likeness (QED) is 0.862. The molecule has 2 rings (SSSR count). The van der Waals surface area contributed by atoms with Crippen LogP contribution < -0.4 is 5.32 Å². The fraction of sp³-hybridized carbons (Fsp3) is 0.500. The van der Waals surface area contributed by atoms with Crippen molar-refractivity contribution >= 4 is 27.7 Å². The Morgan fingerprint density at radius 1 is 1.32 bits per heavy atom. The fourth-order valence-electron chi connectivity index (χ4n) is 2.50. The molecule has 120 valence electrons. The molecular weight excluding hydrogens is 346 g/mol. The monoisotopic (exact) mass is 367 g/mol. The Morgan fingerprint density at radius 3 is 2.68 bits per heavy atom. The molecule has 1 aliphatic rings. The Labute approximate surface area is 139 Å². The van der Waals surface area contributed by atoms with E-state index >= 15 is 0 Å². The third-order valence-corrected chi connectivity index (χ3v) is 4.14. The van der Waals surface area contributed by atoms with Gasteiger partial charge in [-0.05, 0) is 24.6 Å². The van der Waals surface area contributed by atoms with Crippen molar-refractivity contribution in [2.75, 3.05) is 39.3 Å². The van der Waals surface area contributed by atoms with Gasteiger partial charge in [-0.1, -0.05) is 28.9 Å². The Hall–Kier alpha value is -1.40. The summed E-state index contributed by atoms with van der Waals surface area (Å²) in [6.45, 7) is 5.81. The predicted molar refractivity (Wildman–Crippen MR) is 89.8 cm³/mol. The van der Waals surface area contributed by atoms with Crippen molar-refractivity contribution in [1.82, 2.24) is 15.1 Å². The van der Waals surface area contributed by atoms with Crippen LogP contribution in [0.4, 0.5) is 0 Å². The smallest absolute Gasteiger partial charge is 0.254 e. The highest BCUT2D eigenvalue weighted by Gasteiger charge is 2.22. The van der Waals surface area contributed by atoms with Gasteiger partial charge in [0.1, 0.15) is 6.54 Å². The number of benzene rings is 1. The lowest BCUT2D eigenvalue weighted by Crippen LogP contribution is -2.50. The molecule has 0 saturated carbocycles. The summed E-state index contributed by atoms with van der Waals surface area (Å²) in [7, 11) is 0. The van der Waals surface area contributed by atoms with Crippen molar-refractivity contribution in [2.45, 2.75) is 13.3 Å². The first kappa shape index (κ1) is 17.0. The van der Waals surface area contributed by atoms with Gasteiger partial charge in [0.25, 0.3) is 5.91 Å². The van der Waals surface area contributed by atoms with Crippen LogP contribution in [-0.2, 0) is 4.79 Å². The van der Waals surface area contributed by atoms with Crippen LogP contribution in [-0.4, -0.2) is 60.9 Å². The third kappa shape index (κ3) is 4.55.